The van der Waals surface area contributed by atoms with E-state index in [1.165, 1.54) is 6.07 Å². The summed E-state index contributed by atoms with van der Waals surface area (Å²) in [6.45, 7) is 1.54. The van der Waals surface area contributed by atoms with Crippen LogP contribution in [0.1, 0.15) is 0 Å². The Morgan fingerprint density at radius 1 is 1.00 bits per heavy atom. The number of hydrogen-bond acceptors (Lipinski definition) is 8. The van der Waals surface area contributed by atoms with E-state index in [-0.39, 0.29) is 11.9 Å². The number of carbonyl (C=O) groups is 1. The lowest BCUT2D eigenvalue weighted by molar-refractivity contribution is -0.134. The van der Waals surface area contributed by atoms with E-state index in [1.807, 2.05) is 4.68 Å². The normalized spacial score (nSPS) is 13.9. The van der Waals surface area contributed by atoms with Gasteiger partial charge in [0, 0.05) is 54.1 Å². The number of amides is 1. The first-order valence-electron chi connectivity index (χ1n) is 11.9. The molecular formula is C26H21ClFN7O3. The highest BCUT2D eigenvalue weighted by Gasteiger charge is 2.23. The van der Waals surface area contributed by atoms with Gasteiger partial charge in [-0.1, -0.05) is 11.6 Å². The number of aromatic nitrogens is 5. The van der Waals surface area contributed by atoms with Crippen molar-refractivity contribution in [2.45, 2.75) is 0 Å². The Morgan fingerprint density at radius 3 is 2.53 bits per heavy atom. The average Bonchev–Trinajstić information content (AvgIpc) is 3.38. The Hall–Kier alpha value is -4.35. The van der Waals surface area contributed by atoms with Crippen molar-refractivity contribution in [3.05, 3.63) is 72.2 Å². The highest BCUT2D eigenvalue weighted by molar-refractivity contribution is 6.33. The molecule has 4 heterocycles. The van der Waals surface area contributed by atoms with Gasteiger partial charge in [0.2, 0.25) is 5.91 Å². The molecule has 1 N–H and O–H groups in total. The summed E-state index contributed by atoms with van der Waals surface area (Å²) in [7, 11) is 0. The lowest BCUT2D eigenvalue weighted by Gasteiger charge is -2.36. The van der Waals surface area contributed by atoms with Crippen molar-refractivity contribution in [2.75, 3.05) is 37.8 Å². The molecule has 0 radical (unpaired) electrons. The molecule has 1 aliphatic heterocycles. The van der Waals surface area contributed by atoms with E-state index in [0.29, 0.717) is 64.5 Å². The minimum absolute atomic E-state index is 0.177. The molecule has 10 nitrogen and oxygen atoms in total. The quantitative estimate of drug-likeness (QED) is 0.366. The van der Waals surface area contributed by atoms with Crippen molar-refractivity contribution in [1.29, 1.82) is 0 Å². The first-order valence-corrected chi connectivity index (χ1v) is 12.2. The number of imidazole rings is 1. The van der Waals surface area contributed by atoms with Crippen LogP contribution in [0.4, 0.5) is 4.39 Å². The summed E-state index contributed by atoms with van der Waals surface area (Å²) in [5, 5.41) is 12.2. The van der Waals surface area contributed by atoms with E-state index in [2.05, 4.69) is 24.9 Å². The first kappa shape index (κ1) is 24.0. The summed E-state index contributed by atoms with van der Waals surface area (Å²) < 4.78 is 22.9. The average molecular weight is 534 g/mol. The number of aliphatic hydroxyl groups excluding tert-OH is 1. The SMILES string of the molecule is O=C(CO)N1CCN(n2cnc3cnc4cc(F)c(-c5ccc(Oc6ncccn6)cc5Cl)cc4c32)CC1. The van der Waals surface area contributed by atoms with E-state index >= 15 is 4.39 Å². The lowest BCUT2D eigenvalue weighted by atomic mass is 10.0. The molecule has 0 spiro atoms. The third-order valence-electron chi connectivity index (χ3n) is 6.48. The van der Waals surface area contributed by atoms with Crippen molar-refractivity contribution in [3.8, 4) is 22.9 Å². The number of fused-ring (bicyclic) bond motifs is 3. The van der Waals surface area contributed by atoms with Gasteiger partial charge in [-0.2, -0.15) is 0 Å². The van der Waals surface area contributed by atoms with E-state index in [0.717, 1.165) is 5.52 Å². The molecule has 1 fully saturated rings. The fourth-order valence-electron chi connectivity index (χ4n) is 4.60. The van der Waals surface area contributed by atoms with Gasteiger partial charge in [0.15, 0.2) is 0 Å². The van der Waals surface area contributed by atoms with Gasteiger partial charge in [0.05, 0.1) is 29.8 Å². The van der Waals surface area contributed by atoms with Crippen LogP contribution in [-0.2, 0) is 4.79 Å². The molecule has 0 aliphatic carbocycles. The van der Waals surface area contributed by atoms with Crippen LogP contribution >= 0.6 is 11.6 Å². The maximum atomic E-state index is 15.3. The van der Waals surface area contributed by atoms with E-state index in [4.69, 9.17) is 21.4 Å². The van der Waals surface area contributed by atoms with Crippen LogP contribution < -0.4 is 9.75 Å². The van der Waals surface area contributed by atoms with Gasteiger partial charge in [-0.25, -0.2) is 24.0 Å². The number of carbonyl (C=O) groups excluding carboxylic acids is 1. The van der Waals surface area contributed by atoms with Crippen LogP contribution in [0.3, 0.4) is 0 Å². The lowest BCUT2D eigenvalue weighted by Crippen LogP contribution is -2.53. The highest BCUT2D eigenvalue weighted by Crippen LogP contribution is 2.36. The molecule has 12 heteroatoms. The predicted octanol–water partition coefficient (Wildman–Crippen LogP) is 3.40. The van der Waals surface area contributed by atoms with Gasteiger partial charge in [-0.3, -0.25) is 9.78 Å². The second kappa shape index (κ2) is 9.84. The Kier molecular flexibility index (Phi) is 6.22. The summed E-state index contributed by atoms with van der Waals surface area (Å²) in [6, 6.07) is 9.93. The van der Waals surface area contributed by atoms with Crippen molar-refractivity contribution >= 4 is 39.4 Å². The van der Waals surface area contributed by atoms with Crippen LogP contribution in [0.5, 0.6) is 11.8 Å². The van der Waals surface area contributed by atoms with Crippen LogP contribution in [0.15, 0.2) is 61.3 Å². The standard InChI is InChI=1S/C26H21ClFN7O3/c27-20-10-16(38-26-29-4-1-5-30-26)2-3-17(20)18-11-19-22(12-21(18)28)31-13-23-25(19)35(15-32-23)34-8-6-33(7-9-34)24(37)14-36/h1-5,10-13,15,36H,6-9,14H2. The summed E-state index contributed by atoms with van der Waals surface area (Å²) in [5.41, 5.74) is 2.71. The number of pyridine rings is 1. The molecule has 192 valence electrons. The Morgan fingerprint density at radius 2 is 1.79 bits per heavy atom. The number of benzene rings is 2. The number of ether oxygens (including phenoxy) is 1. The Labute approximate surface area is 220 Å². The smallest absolute Gasteiger partial charge is 0.321 e. The van der Waals surface area contributed by atoms with E-state index in [9.17, 15) is 4.79 Å². The molecule has 0 atom stereocenters. The minimum atomic E-state index is -0.506. The number of halogens is 2. The largest absolute Gasteiger partial charge is 0.424 e. The third-order valence-corrected chi connectivity index (χ3v) is 6.79. The summed E-state index contributed by atoms with van der Waals surface area (Å²) in [5.74, 6) is -0.333. The molecule has 1 saturated heterocycles. The second-order valence-corrected chi connectivity index (χ2v) is 9.11. The second-order valence-electron chi connectivity index (χ2n) is 8.70. The van der Waals surface area contributed by atoms with Gasteiger partial charge in [-0.05, 0) is 24.3 Å². The van der Waals surface area contributed by atoms with E-state index < -0.39 is 12.4 Å². The molecule has 1 aliphatic rings. The minimum Gasteiger partial charge on any atom is -0.424 e. The molecule has 0 unspecified atom stereocenters. The zero-order valence-electron chi connectivity index (χ0n) is 20.0. The molecule has 6 rings (SSSR count). The van der Waals surface area contributed by atoms with Gasteiger partial charge in [0.1, 0.15) is 35.5 Å². The molecule has 0 bridgehead atoms. The van der Waals surface area contributed by atoms with Crippen molar-refractivity contribution in [1.82, 2.24) is 29.5 Å². The zero-order valence-corrected chi connectivity index (χ0v) is 20.7. The predicted molar refractivity (Wildman–Crippen MR) is 139 cm³/mol. The maximum absolute atomic E-state index is 15.3. The fraction of sp³-hybridized carbons (Fsp3) is 0.192. The number of nitrogens with zero attached hydrogens (tertiary/aromatic N) is 7. The highest BCUT2D eigenvalue weighted by atomic mass is 35.5. The zero-order chi connectivity index (χ0) is 26.2. The van der Waals surface area contributed by atoms with Crippen molar-refractivity contribution in [2.24, 2.45) is 0 Å². The third kappa shape index (κ3) is 4.35. The molecule has 1 amide bonds. The van der Waals surface area contributed by atoms with Crippen LogP contribution in [0.2, 0.25) is 5.02 Å². The van der Waals surface area contributed by atoms with Gasteiger partial charge in [0.25, 0.3) is 0 Å². The number of aliphatic hydroxyl groups is 1. The topological polar surface area (TPSA) is 110 Å². The van der Waals surface area contributed by atoms with Gasteiger partial charge < -0.3 is 19.8 Å². The monoisotopic (exact) mass is 533 g/mol. The number of hydrogen-bond donors (Lipinski definition) is 1. The molecule has 0 saturated carbocycles. The van der Waals surface area contributed by atoms with Crippen LogP contribution in [0.25, 0.3) is 33.1 Å². The van der Waals surface area contributed by atoms with Crippen molar-refractivity contribution < 1.29 is 19.0 Å². The number of piperazine rings is 1. The Balaban J connectivity index is 1.38. The van der Waals surface area contributed by atoms with Crippen LogP contribution in [0, 0.1) is 5.82 Å². The Bertz CT molecular complexity index is 1660. The van der Waals surface area contributed by atoms with E-state index in [1.54, 1.807) is 60.1 Å². The van der Waals surface area contributed by atoms with Gasteiger partial charge in [-0.15, -0.1) is 0 Å². The number of rotatable bonds is 5. The fourth-order valence-corrected chi connectivity index (χ4v) is 4.87. The molecule has 38 heavy (non-hydrogen) atoms. The van der Waals surface area contributed by atoms with Crippen molar-refractivity contribution in [3.63, 3.8) is 0 Å². The van der Waals surface area contributed by atoms with Crippen LogP contribution in [-0.4, -0.2) is 73.3 Å². The molecule has 2 aromatic carbocycles. The summed E-state index contributed by atoms with van der Waals surface area (Å²) in [4.78, 5) is 30.5. The maximum Gasteiger partial charge on any atom is 0.321 e. The van der Waals surface area contributed by atoms with Gasteiger partial charge >= 0.3 is 6.01 Å². The molecule has 3 aromatic heterocycles. The summed E-state index contributed by atoms with van der Waals surface area (Å²) in [6.07, 6.45) is 6.44. The molecule has 5 aromatic rings. The molecular weight excluding hydrogens is 513 g/mol. The summed E-state index contributed by atoms with van der Waals surface area (Å²) >= 11 is 6.58. The first-order chi connectivity index (χ1) is 18.5.